The van der Waals surface area contributed by atoms with Gasteiger partial charge in [0.1, 0.15) is 0 Å². The number of nitrogens with one attached hydrogen (secondary N) is 2. The molecule has 0 bridgehead atoms. The number of aromatic nitrogens is 1. The summed E-state index contributed by atoms with van der Waals surface area (Å²) >= 11 is 0. The Morgan fingerprint density at radius 2 is 2.04 bits per heavy atom. The van der Waals surface area contributed by atoms with Gasteiger partial charge in [-0.3, -0.25) is 10.2 Å². The van der Waals surface area contributed by atoms with Crippen LogP contribution in [0.5, 0.6) is 0 Å². The van der Waals surface area contributed by atoms with Gasteiger partial charge in [0.15, 0.2) is 5.96 Å². The molecule has 3 rings (SSSR count). The summed E-state index contributed by atoms with van der Waals surface area (Å²) in [4.78, 5) is 16.2. The number of hydrogen-bond acceptors (Lipinski definition) is 4. The molecule has 1 aliphatic heterocycles. The zero-order chi connectivity index (χ0) is 17.5. The zero-order valence-electron chi connectivity index (χ0n) is 13.2. The maximum absolute atomic E-state index is 13.1. The second kappa shape index (κ2) is 5.91. The molecule has 4 N–H and O–H groups in total. The highest BCUT2D eigenvalue weighted by atomic mass is 32.2. The lowest BCUT2D eigenvalue weighted by Gasteiger charge is -2.39. The third kappa shape index (κ3) is 2.65. The van der Waals surface area contributed by atoms with Gasteiger partial charge in [0.05, 0.1) is 4.90 Å². The molecule has 1 aromatic heterocycles. The summed E-state index contributed by atoms with van der Waals surface area (Å²) in [6.07, 6.45) is 1.45. The number of H-pyrrole nitrogens is 1. The summed E-state index contributed by atoms with van der Waals surface area (Å²) in [6.45, 7) is 2.75. The largest absolute Gasteiger partial charge is 0.370 e. The van der Waals surface area contributed by atoms with Crippen molar-refractivity contribution in [3.63, 3.8) is 0 Å². The SMILES string of the molecule is CC1CN(C(=N)N)CCN1S(=O)(=O)c1cccc2c(=O)[nH]ccc12. The molecule has 0 radical (unpaired) electrons. The lowest BCUT2D eigenvalue weighted by atomic mass is 10.2. The molecule has 24 heavy (non-hydrogen) atoms. The molecule has 8 nitrogen and oxygen atoms in total. The van der Waals surface area contributed by atoms with Crippen molar-refractivity contribution in [1.29, 1.82) is 5.41 Å². The summed E-state index contributed by atoms with van der Waals surface area (Å²) in [6, 6.07) is 5.96. The molecule has 9 heteroatoms. The normalized spacial score (nSPS) is 19.5. The molecule has 0 amide bonds. The highest BCUT2D eigenvalue weighted by molar-refractivity contribution is 7.89. The van der Waals surface area contributed by atoms with Crippen LogP contribution in [0.2, 0.25) is 0 Å². The zero-order valence-corrected chi connectivity index (χ0v) is 14.0. The van der Waals surface area contributed by atoms with E-state index in [0.717, 1.165) is 0 Å². The van der Waals surface area contributed by atoms with Crippen LogP contribution in [0.3, 0.4) is 0 Å². The van der Waals surface area contributed by atoms with Crippen LogP contribution in [0.15, 0.2) is 40.2 Å². The second-order valence-corrected chi connectivity index (χ2v) is 7.68. The molecule has 1 fully saturated rings. The molecule has 2 heterocycles. The number of guanidine groups is 1. The van der Waals surface area contributed by atoms with Gasteiger partial charge >= 0.3 is 0 Å². The predicted molar refractivity (Wildman–Crippen MR) is 91.4 cm³/mol. The molecule has 1 aliphatic rings. The molecule has 1 saturated heterocycles. The minimum Gasteiger partial charge on any atom is -0.370 e. The number of nitrogens with zero attached hydrogens (tertiary/aromatic N) is 2. The van der Waals surface area contributed by atoms with Crippen LogP contribution in [-0.2, 0) is 10.0 Å². The fourth-order valence-corrected chi connectivity index (χ4v) is 4.88. The number of rotatable bonds is 2. The average Bonchev–Trinajstić information content (AvgIpc) is 2.54. The Balaban J connectivity index is 2.05. The van der Waals surface area contributed by atoms with E-state index in [1.165, 1.54) is 16.6 Å². The van der Waals surface area contributed by atoms with E-state index in [1.807, 2.05) is 0 Å². The van der Waals surface area contributed by atoms with Crippen LogP contribution in [0.25, 0.3) is 10.8 Å². The highest BCUT2D eigenvalue weighted by Crippen LogP contribution is 2.26. The molecule has 1 atom stereocenters. The van der Waals surface area contributed by atoms with Crippen molar-refractivity contribution in [2.24, 2.45) is 5.73 Å². The van der Waals surface area contributed by atoms with Crippen molar-refractivity contribution < 1.29 is 8.42 Å². The average molecular weight is 349 g/mol. The third-order valence-corrected chi connectivity index (χ3v) is 6.34. The van der Waals surface area contributed by atoms with Crippen LogP contribution in [0, 0.1) is 5.41 Å². The Bertz CT molecular complexity index is 953. The first-order valence-corrected chi connectivity index (χ1v) is 8.97. The number of pyridine rings is 1. The standard InChI is InChI=1S/C15H19N5O3S/c1-10-9-19(15(16)17)7-8-20(10)24(22,23)13-4-2-3-12-11(13)5-6-18-14(12)21/h2-6,10H,7-9H2,1H3,(H3,16,17)(H,18,21). The number of aromatic amines is 1. The number of nitrogens with two attached hydrogens (primary N) is 1. The second-order valence-electron chi connectivity index (χ2n) is 5.82. The first-order chi connectivity index (χ1) is 11.3. The molecular weight excluding hydrogens is 330 g/mol. The fourth-order valence-electron chi connectivity index (χ4n) is 3.06. The van der Waals surface area contributed by atoms with Gasteiger partial charge in [0.25, 0.3) is 5.56 Å². The molecule has 0 aliphatic carbocycles. The van der Waals surface area contributed by atoms with Crippen LogP contribution in [0.1, 0.15) is 6.92 Å². The van der Waals surface area contributed by atoms with E-state index in [1.54, 1.807) is 30.0 Å². The van der Waals surface area contributed by atoms with E-state index in [-0.39, 0.29) is 29.0 Å². The van der Waals surface area contributed by atoms with Gasteiger partial charge in [-0.25, -0.2) is 8.42 Å². The number of benzene rings is 1. The predicted octanol–water partition coefficient (Wildman–Crippen LogP) is 0.116. The Labute approximate surface area is 139 Å². The molecule has 0 saturated carbocycles. The van der Waals surface area contributed by atoms with E-state index in [9.17, 15) is 13.2 Å². The quantitative estimate of drug-likeness (QED) is 0.525. The van der Waals surface area contributed by atoms with Crippen molar-refractivity contribution in [1.82, 2.24) is 14.2 Å². The maximum Gasteiger partial charge on any atom is 0.255 e. The van der Waals surface area contributed by atoms with Crippen LogP contribution < -0.4 is 11.3 Å². The van der Waals surface area contributed by atoms with Gasteiger partial charge < -0.3 is 15.6 Å². The van der Waals surface area contributed by atoms with Crippen LogP contribution >= 0.6 is 0 Å². The van der Waals surface area contributed by atoms with E-state index >= 15 is 0 Å². The van der Waals surface area contributed by atoms with Gasteiger partial charge in [-0.1, -0.05) is 6.07 Å². The van der Waals surface area contributed by atoms with Gasteiger partial charge in [-0.05, 0) is 25.1 Å². The molecule has 128 valence electrons. The fraction of sp³-hybridized carbons (Fsp3) is 0.333. The minimum absolute atomic E-state index is 0.0596. The molecule has 0 spiro atoms. The van der Waals surface area contributed by atoms with E-state index < -0.39 is 10.0 Å². The van der Waals surface area contributed by atoms with E-state index in [0.29, 0.717) is 23.9 Å². The van der Waals surface area contributed by atoms with E-state index in [4.69, 9.17) is 11.1 Å². The lowest BCUT2D eigenvalue weighted by molar-refractivity contribution is 0.203. The number of hydrogen-bond donors (Lipinski definition) is 3. The topological polar surface area (TPSA) is 123 Å². The van der Waals surface area contributed by atoms with Crippen molar-refractivity contribution in [3.05, 3.63) is 40.8 Å². The summed E-state index contributed by atoms with van der Waals surface area (Å²) in [5.41, 5.74) is 5.17. The van der Waals surface area contributed by atoms with Crippen molar-refractivity contribution in [2.45, 2.75) is 17.9 Å². The van der Waals surface area contributed by atoms with Crippen molar-refractivity contribution in [2.75, 3.05) is 19.6 Å². The lowest BCUT2D eigenvalue weighted by Crippen LogP contribution is -2.56. The summed E-state index contributed by atoms with van der Waals surface area (Å²) in [5, 5.41) is 8.24. The third-order valence-electron chi connectivity index (χ3n) is 4.27. The smallest absolute Gasteiger partial charge is 0.255 e. The number of sulfonamides is 1. The van der Waals surface area contributed by atoms with Gasteiger partial charge in [0.2, 0.25) is 10.0 Å². The van der Waals surface area contributed by atoms with Gasteiger partial charge in [0, 0.05) is 42.6 Å². The molecule has 1 unspecified atom stereocenters. The van der Waals surface area contributed by atoms with E-state index in [2.05, 4.69) is 4.98 Å². The van der Waals surface area contributed by atoms with Crippen molar-refractivity contribution in [3.8, 4) is 0 Å². The number of piperazine rings is 1. The Morgan fingerprint density at radius 3 is 2.71 bits per heavy atom. The highest BCUT2D eigenvalue weighted by Gasteiger charge is 2.35. The van der Waals surface area contributed by atoms with Gasteiger partial charge in [-0.2, -0.15) is 4.31 Å². The van der Waals surface area contributed by atoms with Crippen molar-refractivity contribution >= 4 is 26.8 Å². The molecule has 1 aromatic carbocycles. The molecular formula is C15H19N5O3S. The molecule has 2 aromatic rings. The van der Waals surface area contributed by atoms with Crippen LogP contribution in [-0.4, -0.2) is 54.2 Å². The summed E-state index contributed by atoms with van der Waals surface area (Å²) < 4.78 is 27.6. The Kier molecular flexibility index (Phi) is 4.06. The number of fused-ring (bicyclic) bond motifs is 1. The summed E-state index contributed by atoms with van der Waals surface area (Å²) in [5.74, 6) is -0.0596. The maximum atomic E-state index is 13.1. The Morgan fingerprint density at radius 1 is 1.29 bits per heavy atom. The Hall–Kier alpha value is -2.39. The first-order valence-electron chi connectivity index (χ1n) is 7.53. The minimum atomic E-state index is -3.76. The van der Waals surface area contributed by atoms with Crippen LogP contribution in [0.4, 0.5) is 0 Å². The van der Waals surface area contributed by atoms with Gasteiger partial charge in [-0.15, -0.1) is 0 Å². The monoisotopic (exact) mass is 349 g/mol. The summed E-state index contributed by atoms with van der Waals surface area (Å²) in [7, 11) is -3.76. The first kappa shape index (κ1) is 16.5.